The van der Waals surface area contributed by atoms with Gasteiger partial charge in [0.1, 0.15) is 0 Å². The number of hydrogen-bond donors (Lipinski definition) is 1. The molecular weight excluding hydrogens is 427 g/mol. The molecular formula is C21H18Cl2N4OS. The van der Waals surface area contributed by atoms with Crippen molar-refractivity contribution in [1.82, 2.24) is 15.4 Å². The van der Waals surface area contributed by atoms with E-state index in [4.69, 9.17) is 23.2 Å². The van der Waals surface area contributed by atoms with Crippen LogP contribution < -0.4 is 5.43 Å². The first-order valence-electron chi connectivity index (χ1n) is 8.73. The van der Waals surface area contributed by atoms with Crippen LogP contribution in [0.4, 0.5) is 0 Å². The minimum Gasteiger partial charge on any atom is -0.267 e. The maximum Gasteiger partial charge on any atom is 0.271 e. The molecule has 0 saturated heterocycles. The van der Waals surface area contributed by atoms with Gasteiger partial charge in [-0.1, -0.05) is 53.2 Å². The lowest BCUT2D eigenvalue weighted by Gasteiger charge is -2.05. The second-order valence-corrected chi connectivity index (χ2v) is 8.07. The van der Waals surface area contributed by atoms with E-state index >= 15 is 0 Å². The van der Waals surface area contributed by atoms with Gasteiger partial charge in [-0.15, -0.1) is 0 Å². The molecule has 1 amide bonds. The number of aromatic nitrogens is 2. The molecule has 3 aromatic rings. The zero-order chi connectivity index (χ0) is 20.8. The Morgan fingerprint density at radius 2 is 1.76 bits per heavy atom. The molecule has 1 heterocycles. The van der Waals surface area contributed by atoms with Crippen molar-refractivity contribution >= 4 is 47.1 Å². The largest absolute Gasteiger partial charge is 0.271 e. The zero-order valence-corrected chi connectivity index (χ0v) is 18.1. The molecule has 2 aromatic carbocycles. The predicted molar refractivity (Wildman–Crippen MR) is 119 cm³/mol. The summed E-state index contributed by atoms with van der Waals surface area (Å²) in [5.41, 5.74) is 6.65. The molecule has 0 spiro atoms. The van der Waals surface area contributed by atoms with Crippen molar-refractivity contribution in [2.24, 2.45) is 5.10 Å². The van der Waals surface area contributed by atoms with E-state index in [1.54, 1.807) is 42.1 Å². The highest BCUT2D eigenvalue weighted by atomic mass is 35.5. The number of carbonyl (C=O) groups excluding carboxylic acids is 1. The lowest BCUT2D eigenvalue weighted by molar-refractivity contribution is 0.0955. The maximum absolute atomic E-state index is 12.2. The third-order valence-electron chi connectivity index (χ3n) is 3.88. The van der Waals surface area contributed by atoms with E-state index in [0.717, 1.165) is 27.9 Å². The molecule has 1 N–H and O–H groups in total. The fourth-order valence-corrected chi connectivity index (χ4v) is 3.85. The predicted octanol–water partition coefficient (Wildman–Crippen LogP) is 5.46. The number of nitrogens with zero attached hydrogens (tertiary/aromatic N) is 3. The summed E-state index contributed by atoms with van der Waals surface area (Å²) in [5.74, 6) is 0.418. The van der Waals surface area contributed by atoms with Crippen molar-refractivity contribution in [3.8, 4) is 0 Å². The average Bonchev–Trinajstić information content (AvgIpc) is 2.67. The lowest BCUT2D eigenvalue weighted by atomic mass is 10.1. The van der Waals surface area contributed by atoms with Crippen molar-refractivity contribution in [2.45, 2.75) is 24.8 Å². The van der Waals surface area contributed by atoms with Crippen molar-refractivity contribution < 1.29 is 4.79 Å². The van der Waals surface area contributed by atoms with E-state index in [2.05, 4.69) is 20.5 Å². The van der Waals surface area contributed by atoms with Gasteiger partial charge in [-0.2, -0.15) is 5.10 Å². The van der Waals surface area contributed by atoms with Gasteiger partial charge in [0.15, 0.2) is 5.16 Å². The van der Waals surface area contributed by atoms with Gasteiger partial charge in [0.2, 0.25) is 0 Å². The number of hydrazone groups is 1. The molecule has 0 atom stereocenters. The minimum absolute atomic E-state index is 0.303. The van der Waals surface area contributed by atoms with Crippen LogP contribution in [0.15, 0.2) is 58.8 Å². The summed E-state index contributed by atoms with van der Waals surface area (Å²) in [6.45, 7) is 3.91. The highest BCUT2D eigenvalue weighted by Gasteiger charge is 2.06. The molecule has 0 radical (unpaired) electrons. The Morgan fingerprint density at radius 1 is 1.07 bits per heavy atom. The van der Waals surface area contributed by atoms with E-state index < -0.39 is 0 Å². The summed E-state index contributed by atoms with van der Waals surface area (Å²) in [4.78, 5) is 21.1. The lowest BCUT2D eigenvalue weighted by Crippen LogP contribution is -2.17. The fourth-order valence-electron chi connectivity index (χ4n) is 2.49. The first-order chi connectivity index (χ1) is 13.9. The van der Waals surface area contributed by atoms with E-state index in [9.17, 15) is 4.79 Å². The molecule has 0 saturated carbocycles. The van der Waals surface area contributed by atoms with Crippen molar-refractivity contribution in [2.75, 3.05) is 0 Å². The van der Waals surface area contributed by atoms with Crippen LogP contribution in [0, 0.1) is 13.8 Å². The standard InChI is InChI=1S/C21H18Cl2N4OS/c1-13-9-14(2)26-21(25-13)29-12-15-3-5-16(6-4-15)20(28)27-24-11-17-7-8-18(22)10-19(17)23/h3-11H,12H2,1-2H3,(H,27,28)/b24-11+. The van der Waals surface area contributed by atoms with Crippen molar-refractivity contribution in [3.05, 3.63) is 86.7 Å². The average molecular weight is 445 g/mol. The first kappa shape index (κ1) is 21.3. The third-order valence-corrected chi connectivity index (χ3v) is 5.36. The van der Waals surface area contributed by atoms with E-state index in [-0.39, 0.29) is 5.91 Å². The number of halogens is 2. The highest BCUT2D eigenvalue weighted by Crippen LogP contribution is 2.21. The monoisotopic (exact) mass is 444 g/mol. The number of carbonyl (C=O) groups is 1. The van der Waals surface area contributed by atoms with Gasteiger partial charge in [0.25, 0.3) is 5.91 Å². The Balaban J connectivity index is 1.56. The summed E-state index contributed by atoms with van der Waals surface area (Å²) in [5, 5.41) is 5.70. The van der Waals surface area contributed by atoms with Gasteiger partial charge in [0.05, 0.1) is 11.2 Å². The van der Waals surface area contributed by atoms with Gasteiger partial charge in [0, 0.05) is 33.3 Å². The molecule has 29 heavy (non-hydrogen) atoms. The molecule has 0 bridgehead atoms. The highest BCUT2D eigenvalue weighted by molar-refractivity contribution is 7.98. The SMILES string of the molecule is Cc1cc(C)nc(SCc2ccc(C(=O)N/N=C/c3ccc(Cl)cc3Cl)cc2)n1. The second kappa shape index (κ2) is 9.87. The van der Waals surface area contributed by atoms with Gasteiger partial charge in [-0.25, -0.2) is 15.4 Å². The second-order valence-electron chi connectivity index (χ2n) is 6.28. The third kappa shape index (κ3) is 6.29. The normalized spacial score (nSPS) is 11.0. The smallest absolute Gasteiger partial charge is 0.267 e. The molecule has 0 aliphatic rings. The summed E-state index contributed by atoms with van der Waals surface area (Å²) >= 11 is 13.5. The molecule has 0 aliphatic heterocycles. The van der Waals surface area contributed by atoms with Crippen molar-refractivity contribution in [3.63, 3.8) is 0 Å². The van der Waals surface area contributed by atoms with E-state index in [0.29, 0.717) is 21.2 Å². The maximum atomic E-state index is 12.2. The number of hydrogen-bond acceptors (Lipinski definition) is 5. The van der Waals surface area contributed by atoms with Crippen LogP contribution in [0.3, 0.4) is 0 Å². The van der Waals surface area contributed by atoms with Crippen LogP contribution in [0.25, 0.3) is 0 Å². The Kier molecular flexibility index (Phi) is 7.25. The molecule has 148 valence electrons. The number of aryl methyl sites for hydroxylation is 2. The number of nitrogens with one attached hydrogen (secondary N) is 1. The number of benzene rings is 2. The molecule has 5 nitrogen and oxygen atoms in total. The van der Waals surface area contributed by atoms with Crippen LogP contribution in [-0.4, -0.2) is 22.1 Å². The molecule has 0 fully saturated rings. The van der Waals surface area contributed by atoms with Gasteiger partial charge in [-0.05, 0) is 49.7 Å². The Hall–Kier alpha value is -2.41. The van der Waals surface area contributed by atoms with Gasteiger partial charge in [-0.3, -0.25) is 4.79 Å². The first-order valence-corrected chi connectivity index (χ1v) is 10.5. The number of thioether (sulfide) groups is 1. The minimum atomic E-state index is -0.303. The van der Waals surface area contributed by atoms with Crippen LogP contribution >= 0.6 is 35.0 Å². The quantitative estimate of drug-likeness (QED) is 0.237. The van der Waals surface area contributed by atoms with Crippen molar-refractivity contribution in [1.29, 1.82) is 0 Å². The van der Waals surface area contributed by atoms with Gasteiger partial charge < -0.3 is 0 Å². The molecule has 0 aliphatic carbocycles. The van der Waals surface area contributed by atoms with Crippen LogP contribution in [0.1, 0.15) is 32.9 Å². The zero-order valence-electron chi connectivity index (χ0n) is 15.8. The Labute approximate surface area is 183 Å². The van der Waals surface area contributed by atoms with E-state index in [1.807, 2.05) is 32.0 Å². The number of amides is 1. The summed E-state index contributed by atoms with van der Waals surface area (Å²) in [6, 6.07) is 14.3. The van der Waals surface area contributed by atoms with Crippen LogP contribution in [0.5, 0.6) is 0 Å². The van der Waals surface area contributed by atoms with Crippen LogP contribution in [-0.2, 0) is 5.75 Å². The molecule has 0 unspecified atom stereocenters. The van der Waals surface area contributed by atoms with Gasteiger partial charge >= 0.3 is 0 Å². The molecule has 8 heteroatoms. The number of rotatable bonds is 6. The Bertz CT molecular complexity index is 1030. The summed E-state index contributed by atoms with van der Waals surface area (Å²) in [7, 11) is 0. The molecule has 3 rings (SSSR count). The fraction of sp³-hybridized carbons (Fsp3) is 0.143. The van der Waals surface area contributed by atoms with Crippen LogP contribution in [0.2, 0.25) is 10.0 Å². The summed E-state index contributed by atoms with van der Waals surface area (Å²) in [6.07, 6.45) is 1.48. The molecule has 1 aromatic heterocycles. The topological polar surface area (TPSA) is 67.2 Å². The van der Waals surface area contributed by atoms with E-state index in [1.165, 1.54) is 6.21 Å². The summed E-state index contributed by atoms with van der Waals surface area (Å²) < 4.78 is 0. The Morgan fingerprint density at radius 3 is 2.41 bits per heavy atom.